The van der Waals surface area contributed by atoms with Gasteiger partial charge in [-0.05, 0) is 39.2 Å². The molecule has 0 unspecified atom stereocenters. The van der Waals surface area contributed by atoms with Crippen LogP contribution in [-0.2, 0) is 0 Å². The first kappa shape index (κ1) is 11.8. The van der Waals surface area contributed by atoms with Crippen LogP contribution in [0.15, 0.2) is 0 Å². The SMILES string of the molecule is Cc1nnc(NC2CC(C)(O)C2)c(C#N)c1C. The van der Waals surface area contributed by atoms with Crippen molar-refractivity contribution in [2.75, 3.05) is 5.32 Å². The van der Waals surface area contributed by atoms with Crippen LogP contribution in [0.3, 0.4) is 0 Å². The minimum atomic E-state index is -0.586. The second kappa shape index (κ2) is 3.97. The molecule has 1 heterocycles. The second-order valence-corrected chi connectivity index (χ2v) is 4.99. The molecule has 1 aliphatic carbocycles. The highest BCUT2D eigenvalue weighted by atomic mass is 16.3. The Kier molecular flexibility index (Phi) is 2.76. The molecule has 1 aromatic rings. The summed E-state index contributed by atoms with van der Waals surface area (Å²) >= 11 is 0. The molecule has 1 aromatic heterocycles. The van der Waals surface area contributed by atoms with Gasteiger partial charge in [0.25, 0.3) is 0 Å². The standard InChI is InChI=1S/C12H16N4O/c1-7-8(2)15-16-11(10(7)6-13)14-9-4-12(3,17)5-9/h9,17H,4-5H2,1-3H3,(H,14,16). The molecule has 0 amide bonds. The molecule has 17 heavy (non-hydrogen) atoms. The van der Waals surface area contributed by atoms with Crippen LogP contribution in [-0.4, -0.2) is 26.9 Å². The summed E-state index contributed by atoms with van der Waals surface area (Å²) < 4.78 is 0. The number of nitrogens with one attached hydrogen (secondary N) is 1. The lowest BCUT2D eigenvalue weighted by molar-refractivity contribution is -0.0235. The lowest BCUT2D eigenvalue weighted by atomic mass is 9.77. The molecule has 0 spiro atoms. The molecule has 1 aliphatic rings. The number of aryl methyl sites for hydroxylation is 1. The number of rotatable bonds is 2. The van der Waals surface area contributed by atoms with Gasteiger partial charge in [0.1, 0.15) is 11.6 Å². The molecule has 0 atom stereocenters. The van der Waals surface area contributed by atoms with Crippen molar-refractivity contribution in [1.82, 2.24) is 10.2 Å². The van der Waals surface area contributed by atoms with E-state index in [0.29, 0.717) is 24.2 Å². The lowest BCUT2D eigenvalue weighted by Crippen LogP contribution is -2.48. The smallest absolute Gasteiger partial charge is 0.167 e. The van der Waals surface area contributed by atoms with E-state index in [1.54, 1.807) is 0 Å². The summed E-state index contributed by atoms with van der Waals surface area (Å²) in [6, 6.07) is 2.33. The van der Waals surface area contributed by atoms with Crippen LogP contribution in [0.25, 0.3) is 0 Å². The molecule has 90 valence electrons. The van der Waals surface area contributed by atoms with Crippen molar-refractivity contribution in [3.8, 4) is 6.07 Å². The Morgan fingerprint density at radius 2 is 2.06 bits per heavy atom. The molecule has 1 saturated carbocycles. The number of nitriles is 1. The Labute approximate surface area is 100 Å². The van der Waals surface area contributed by atoms with Crippen LogP contribution in [0.4, 0.5) is 5.82 Å². The van der Waals surface area contributed by atoms with Crippen LogP contribution in [0, 0.1) is 25.2 Å². The molecule has 0 bridgehead atoms. The van der Waals surface area contributed by atoms with E-state index in [4.69, 9.17) is 5.26 Å². The summed E-state index contributed by atoms with van der Waals surface area (Å²) in [5.41, 5.74) is 1.59. The van der Waals surface area contributed by atoms with E-state index >= 15 is 0 Å². The van der Waals surface area contributed by atoms with E-state index < -0.39 is 5.60 Å². The molecule has 0 radical (unpaired) electrons. The van der Waals surface area contributed by atoms with Crippen molar-refractivity contribution in [1.29, 1.82) is 5.26 Å². The van der Waals surface area contributed by atoms with Crippen molar-refractivity contribution in [3.63, 3.8) is 0 Å². The molecule has 5 heteroatoms. The van der Waals surface area contributed by atoms with Gasteiger partial charge in [-0.3, -0.25) is 0 Å². The highest BCUT2D eigenvalue weighted by Gasteiger charge is 2.38. The molecule has 5 nitrogen and oxygen atoms in total. The summed E-state index contributed by atoms with van der Waals surface area (Å²) in [6.07, 6.45) is 1.35. The Morgan fingerprint density at radius 3 is 2.59 bits per heavy atom. The fourth-order valence-corrected chi connectivity index (χ4v) is 2.14. The topological polar surface area (TPSA) is 81.8 Å². The Morgan fingerprint density at radius 1 is 1.41 bits per heavy atom. The molecule has 0 aliphatic heterocycles. The van der Waals surface area contributed by atoms with E-state index in [-0.39, 0.29) is 6.04 Å². The van der Waals surface area contributed by atoms with Gasteiger partial charge in [0.2, 0.25) is 0 Å². The normalized spacial score (nSPS) is 27.1. The largest absolute Gasteiger partial charge is 0.390 e. The van der Waals surface area contributed by atoms with Crippen molar-refractivity contribution in [2.45, 2.75) is 45.3 Å². The highest BCUT2D eigenvalue weighted by molar-refractivity contribution is 5.56. The van der Waals surface area contributed by atoms with Crippen LogP contribution >= 0.6 is 0 Å². The fraction of sp³-hybridized carbons (Fsp3) is 0.583. The first-order valence-corrected chi connectivity index (χ1v) is 5.66. The van der Waals surface area contributed by atoms with E-state index in [0.717, 1.165) is 11.3 Å². The Bertz CT molecular complexity index is 482. The predicted octanol–water partition coefficient (Wildman–Crippen LogP) is 1.29. The summed E-state index contributed by atoms with van der Waals surface area (Å²) in [5, 5.41) is 30.0. The highest BCUT2D eigenvalue weighted by Crippen LogP contribution is 2.34. The maximum atomic E-state index is 9.65. The minimum Gasteiger partial charge on any atom is -0.390 e. The van der Waals surface area contributed by atoms with Gasteiger partial charge >= 0.3 is 0 Å². The van der Waals surface area contributed by atoms with Gasteiger partial charge in [0.05, 0.1) is 11.3 Å². The minimum absolute atomic E-state index is 0.175. The molecular formula is C12H16N4O. The van der Waals surface area contributed by atoms with Crippen LogP contribution in [0.2, 0.25) is 0 Å². The van der Waals surface area contributed by atoms with E-state index in [1.165, 1.54) is 0 Å². The third kappa shape index (κ3) is 2.22. The maximum absolute atomic E-state index is 9.65. The van der Waals surface area contributed by atoms with E-state index in [1.807, 2.05) is 20.8 Å². The monoisotopic (exact) mass is 232 g/mol. The van der Waals surface area contributed by atoms with Gasteiger partial charge in [-0.15, -0.1) is 5.10 Å². The number of aliphatic hydroxyl groups is 1. The van der Waals surface area contributed by atoms with E-state index in [2.05, 4.69) is 21.6 Å². The summed E-state index contributed by atoms with van der Waals surface area (Å²) in [6.45, 7) is 5.51. The number of anilines is 1. The molecule has 2 rings (SSSR count). The fourth-order valence-electron chi connectivity index (χ4n) is 2.14. The van der Waals surface area contributed by atoms with Gasteiger partial charge in [-0.1, -0.05) is 0 Å². The van der Waals surface area contributed by atoms with Gasteiger partial charge in [0, 0.05) is 6.04 Å². The Balaban J connectivity index is 2.18. The van der Waals surface area contributed by atoms with Crippen LogP contribution in [0.1, 0.15) is 36.6 Å². The first-order chi connectivity index (χ1) is 7.93. The average molecular weight is 232 g/mol. The van der Waals surface area contributed by atoms with Crippen molar-refractivity contribution >= 4 is 5.82 Å². The molecule has 0 aromatic carbocycles. The number of nitrogens with zero attached hydrogens (tertiary/aromatic N) is 3. The number of hydrogen-bond donors (Lipinski definition) is 2. The lowest BCUT2D eigenvalue weighted by Gasteiger charge is -2.41. The van der Waals surface area contributed by atoms with Gasteiger partial charge in [-0.2, -0.15) is 10.4 Å². The zero-order chi connectivity index (χ0) is 12.6. The van der Waals surface area contributed by atoms with Crippen molar-refractivity contribution in [2.24, 2.45) is 0 Å². The van der Waals surface area contributed by atoms with Crippen molar-refractivity contribution < 1.29 is 5.11 Å². The third-order valence-corrected chi connectivity index (χ3v) is 3.28. The average Bonchev–Trinajstić information content (AvgIpc) is 2.21. The molecule has 1 fully saturated rings. The zero-order valence-corrected chi connectivity index (χ0v) is 10.3. The maximum Gasteiger partial charge on any atom is 0.167 e. The van der Waals surface area contributed by atoms with Crippen LogP contribution < -0.4 is 5.32 Å². The number of aromatic nitrogens is 2. The van der Waals surface area contributed by atoms with E-state index in [9.17, 15) is 5.11 Å². The molecule has 2 N–H and O–H groups in total. The van der Waals surface area contributed by atoms with Gasteiger partial charge < -0.3 is 10.4 Å². The van der Waals surface area contributed by atoms with Gasteiger partial charge in [-0.25, -0.2) is 0 Å². The first-order valence-electron chi connectivity index (χ1n) is 5.66. The summed E-state index contributed by atoms with van der Waals surface area (Å²) in [4.78, 5) is 0. The number of hydrogen-bond acceptors (Lipinski definition) is 5. The predicted molar refractivity (Wildman–Crippen MR) is 63.5 cm³/mol. The summed E-state index contributed by atoms with van der Waals surface area (Å²) in [5.74, 6) is 0.524. The Hall–Kier alpha value is -1.67. The van der Waals surface area contributed by atoms with Crippen LogP contribution in [0.5, 0.6) is 0 Å². The second-order valence-electron chi connectivity index (χ2n) is 4.99. The van der Waals surface area contributed by atoms with Crippen molar-refractivity contribution in [3.05, 3.63) is 16.8 Å². The zero-order valence-electron chi connectivity index (χ0n) is 10.3. The quantitative estimate of drug-likeness (QED) is 0.803. The molecular weight excluding hydrogens is 216 g/mol. The third-order valence-electron chi connectivity index (χ3n) is 3.28. The molecule has 0 saturated heterocycles. The van der Waals surface area contributed by atoms with Gasteiger partial charge in [0.15, 0.2) is 5.82 Å². The summed E-state index contributed by atoms with van der Waals surface area (Å²) in [7, 11) is 0.